The van der Waals surface area contributed by atoms with Crippen LogP contribution in [0, 0.1) is 0 Å². The number of anilines is 1. The van der Waals surface area contributed by atoms with Crippen LogP contribution in [0.2, 0.25) is 5.02 Å². The maximum atomic E-state index is 13.5. The molecule has 0 spiro atoms. The van der Waals surface area contributed by atoms with Crippen molar-refractivity contribution in [3.05, 3.63) is 76.2 Å². The molecule has 0 amide bonds. The van der Waals surface area contributed by atoms with Gasteiger partial charge in [-0.2, -0.15) is 10.1 Å². The zero-order valence-electron chi connectivity index (χ0n) is 17.1. The number of hydrogen-bond donors (Lipinski definition) is 1. The van der Waals surface area contributed by atoms with Gasteiger partial charge in [0.2, 0.25) is 5.95 Å². The van der Waals surface area contributed by atoms with Crippen molar-refractivity contribution in [2.45, 2.75) is 24.8 Å². The molecule has 0 unspecified atom stereocenters. The van der Waals surface area contributed by atoms with Gasteiger partial charge in [0.1, 0.15) is 23.9 Å². The van der Waals surface area contributed by atoms with E-state index >= 15 is 0 Å². The van der Waals surface area contributed by atoms with Gasteiger partial charge < -0.3 is 14.8 Å². The van der Waals surface area contributed by atoms with E-state index in [9.17, 15) is 4.79 Å². The largest absolute Gasteiger partial charge is 0.497 e. The van der Waals surface area contributed by atoms with Gasteiger partial charge in [-0.25, -0.2) is 4.68 Å². The number of fused-ring (bicyclic) bond motifs is 1. The predicted octanol–water partition coefficient (Wildman–Crippen LogP) is 4.36. The zero-order valence-corrected chi connectivity index (χ0v) is 17.9. The number of methoxy groups -OCH3 is 2. The highest BCUT2D eigenvalue weighted by molar-refractivity contribution is 6.30. The molecule has 0 radical (unpaired) electrons. The standard InChI is InChI=1S/C23H21ClN4O3/c1-30-16-7-8-17(20(11-16)31-2)22-21-18(27-23-25-12-26-28(22)23)9-14(10-19(21)29)13-3-5-15(24)6-4-13/h3-8,11-12,14,22H,9-10H2,1-2H3,(H,25,26,27)/t14-,22-/m0/s1. The summed E-state index contributed by atoms with van der Waals surface area (Å²) in [5.41, 5.74) is 3.50. The average Bonchev–Trinajstić information content (AvgIpc) is 3.26. The quantitative estimate of drug-likeness (QED) is 0.654. The van der Waals surface area contributed by atoms with Crippen LogP contribution >= 0.6 is 11.6 Å². The highest BCUT2D eigenvalue weighted by atomic mass is 35.5. The third-order valence-corrected chi connectivity index (χ3v) is 6.19. The molecule has 3 aromatic rings. The Morgan fingerprint density at radius 3 is 2.65 bits per heavy atom. The molecule has 31 heavy (non-hydrogen) atoms. The van der Waals surface area contributed by atoms with Crippen molar-refractivity contribution in [2.24, 2.45) is 0 Å². The van der Waals surface area contributed by atoms with Crippen molar-refractivity contribution in [2.75, 3.05) is 19.5 Å². The van der Waals surface area contributed by atoms with E-state index < -0.39 is 6.04 Å². The topological polar surface area (TPSA) is 78.3 Å². The van der Waals surface area contributed by atoms with Crippen LogP contribution < -0.4 is 14.8 Å². The van der Waals surface area contributed by atoms with E-state index in [-0.39, 0.29) is 11.7 Å². The Kier molecular flexibility index (Phi) is 4.90. The van der Waals surface area contributed by atoms with Gasteiger partial charge in [-0.3, -0.25) is 4.79 Å². The summed E-state index contributed by atoms with van der Waals surface area (Å²) in [6.07, 6.45) is 2.61. The fourth-order valence-corrected chi connectivity index (χ4v) is 4.58. The molecule has 158 valence electrons. The predicted molar refractivity (Wildman–Crippen MR) is 117 cm³/mol. The van der Waals surface area contributed by atoms with Gasteiger partial charge in [0, 0.05) is 34.3 Å². The molecule has 0 bridgehead atoms. The van der Waals surface area contributed by atoms with E-state index in [4.69, 9.17) is 21.1 Å². The number of hydrogen-bond acceptors (Lipinski definition) is 6. The van der Waals surface area contributed by atoms with E-state index in [1.807, 2.05) is 42.5 Å². The lowest BCUT2D eigenvalue weighted by Crippen LogP contribution is -2.33. The first-order valence-corrected chi connectivity index (χ1v) is 10.4. The summed E-state index contributed by atoms with van der Waals surface area (Å²) < 4.78 is 12.7. The number of ether oxygens (including phenoxy) is 2. The number of nitrogens with zero attached hydrogens (tertiary/aromatic N) is 3. The van der Waals surface area contributed by atoms with Crippen LogP contribution in [-0.2, 0) is 4.79 Å². The lowest BCUT2D eigenvalue weighted by molar-refractivity contribution is -0.116. The van der Waals surface area contributed by atoms with Crippen LogP contribution in [-0.4, -0.2) is 34.8 Å². The molecule has 0 fully saturated rings. The fourth-order valence-electron chi connectivity index (χ4n) is 4.45. The molecular weight excluding hydrogens is 416 g/mol. The molecule has 8 heteroatoms. The normalized spacial score (nSPS) is 20.0. The van der Waals surface area contributed by atoms with E-state index in [1.165, 1.54) is 6.33 Å². The third-order valence-electron chi connectivity index (χ3n) is 5.94. The number of carbonyl (C=O) groups is 1. The van der Waals surface area contributed by atoms with Crippen LogP contribution in [0.1, 0.15) is 35.9 Å². The molecule has 2 aliphatic rings. The summed E-state index contributed by atoms with van der Waals surface area (Å²) in [6, 6.07) is 12.9. The average molecular weight is 437 g/mol. The first-order valence-electron chi connectivity index (χ1n) is 9.99. The van der Waals surface area contributed by atoms with Gasteiger partial charge in [-0.15, -0.1) is 0 Å². The van der Waals surface area contributed by atoms with Crippen LogP contribution in [0.25, 0.3) is 0 Å². The highest BCUT2D eigenvalue weighted by Gasteiger charge is 2.40. The monoisotopic (exact) mass is 436 g/mol. The van der Waals surface area contributed by atoms with E-state index in [2.05, 4.69) is 15.4 Å². The molecule has 2 heterocycles. The molecule has 0 saturated carbocycles. The number of benzene rings is 2. The Morgan fingerprint density at radius 1 is 1.10 bits per heavy atom. The SMILES string of the molecule is COc1ccc([C@H]2C3=C(C[C@H](c4ccc(Cl)cc4)CC3=O)Nc3ncnn32)c(OC)c1. The molecule has 1 aromatic heterocycles. The Hall–Kier alpha value is -3.32. The lowest BCUT2D eigenvalue weighted by atomic mass is 9.78. The van der Waals surface area contributed by atoms with Crippen molar-refractivity contribution in [1.29, 1.82) is 0 Å². The number of ketones is 1. The van der Waals surface area contributed by atoms with Gasteiger partial charge in [-0.05, 0) is 42.2 Å². The Morgan fingerprint density at radius 2 is 1.90 bits per heavy atom. The second-order valence-corrected chi connectivity index (χ2v) is 8.07. The Balaban J connectivity index is 1.61. The van der Waals surface area contributed by atoms with Crippen LogP contribution in [0.15, 0.2) is 60.1 Å². The number of halogens is 1. The van der Waals surface area contributed by atoms with E-state index in [0.717, 1.165) is 16.8 Å². The maximum Gasteiger partial charge on any atom is 0.226 e. The van der Waals surface area contributed by atoms with Gasteiger partial charge in [-0.1, -0.05) is 23.7 Å². The number of aromatic nitrogens is 3. The summed E-state index contributed by atoms with van der Waals surface area (Å²) in [5.74, 6) is 2.07. The minimum Gasteiger partial charge on any atom is -0.497 e. The molecular formula is C23H21ClN4O3. The summed E-state index contributed by atoms with van der Waals surface area (Å²) in [4.78, 5) is 17.8. The molecule has 1 aliphatic heterocycles. The minimum atomic E-state index is -0.423. The van der Waals surface area contributed by atoms with Crippen molar-refractivity contribution in [3.8, 4) is 11.5 Å². The van der Waals surface area contributed by atoms with Gasteiger partial charge in [0.25, 0.3) is 0 Å². The van der Waals surface area contributed by atoms with Crippen molar-refractivity contribution in [1.82, 2.24) is 14.8 Å². The second-order valence-electron chi connectivity index (χ2n) is 7.64. The van der Waals surface area contributed by atoms with Crippen LogP contribution in [0.3, 0.4) is 0 Å². The summed E-state index contributed by atoms with van der Waals surface area (Å²) >= 11 is 6.04. The smallest absolute Gasteiger partial charge is 0.226 e. The number of Topliss-reactive ketones (excluding diaryl/α,β-unsaturated/α-hetero) is 1. The second kappa shape index (κ2) is 7.74. The van der Waals surface area contributed by atoms with Crippen molar-refractivity contribution in [3.63, 3.8) is 0 Å². The highest BCUT2D eigenvalue weighted by Crippen LogP contribution is 2.46. The van der Waals surface area contributed by atoms with Crippen LogP contribution in [0.4, 0.5) is 5.95 Å². The molecule has 1 aliphatic carbocycles. The van der Waals surface area contributed by atoms with Gasteiger partial charge >= 0.3 is 0 Å². The summed E-state index contributed by atoms with van der Waals surface area (Å²) in [6.45, 7) is 0. The molecule has 2 aromatic carbocycles. The number of allylic oxidation sites excluding steroid dienone is 2. The summed E-state index contributed by atoms with van der Waals surface area (Å²) in [5, 5.41) is 8.42. The number of nitrogens with one attached hydrogen (secondary N) is 1. The molecule has 2 atom stereocenters. The maximum absolute atomic E-state index is 13.5. The molecule has 1 N–H and O–H groups in total. The molecule has 7 nitrogen and oxygen atoms in total. The Bertz CT molecular complexity index is 1190. The van der Waals surface area contributed by atoms with Gasteiger partial charge in [0.05, 0.1) is 14.2 Å². The lowest BCUT2D eigenvalue weighted by Gasteiger charge is -2.35. The van der Waals surface area contributed by atoms with E-state index in [1.54, 1.807) is 18.9 Å². The molecule has 5 rings (SSSR count). The third kappa shape index (κ3) is 3.35. The first kappa shape index (κ1) is 19.6. The van der Waals surface area contributed by atoms with Crippen molar-refractivity contribution < 1.29 is 14.3 Å². The van der Waals surface area contributed by atoms with Crippen LogP contribution in [0.5, 0.6) is 11.5 Å². The van der Waals surface area contributed by atoms with E-state index in [0.29, 0.717) is 40.9 Å². The fraction of sp³-hybridized carbons (Fsp3) is 0.261. The summed E-state index contributed by atoms with van der Waals surface area (Å²) in [7, 11) is 3.22. The minimum absolute atomic E-state index is 0.0731. The number of carbonyl (C=O) groups excluding carboxylic acids is 1. The zero-order chi connectivity index (χ0) is 21.5. The van der Waals surface area contributed by atoms with Crippen molar-refractivity contribution >= 4 is 23.3 Å². The van der Waals surface area contributed by atoms with Gasteiger partial charge in [0.15, 0.2) is 5.78 Å². The number of rotatable bonds is 4. The molecule has 0 saturated heterocycles. The first-order chi connectivity index (χ1) is 15.1. The Labute approximate surface area is 184 Å².